The topological polar surface area (TPSA) is 235 Å². The van der Waals surface area contributed by atoms with Crippen LogP contribution >= 0.6 is 11.8 Å². The molecule has 1 fully saturated rings. The number of carboxylic acid groups (broad SMARTS) is 1. The number of rotatable bonds is 17. The number of aliphatic hydroxyl groups excluding tert-OH is 1. The average molecular weight is 771 g/mol. The van der Waals surface area contributed by atoms with Crippen LogP contribution in [0.25, 0.3) is 21.6 Å². The summed E-state index contributed by atoms with van der Waals surface area (Å²) in [5.74, 6) is -2.23. The molecule has 0 saturated carbocycles. The molecule has 2 aromatic carbocycles. The Kier molecular flexibility index (Phi) is 14.4. The Bertz CT molecular complexity index is 1640. The fourth-order valence-corrected chi connectivity index (χ4v) is 8.68. The number of aliphatic carboxylic acids is 1. The summed E-state index contributed by atoms with van der Waals surface area (Å²) in [6.07, 6.45) is -4.44. The molecule has 2 aromatic rings. The Balaban J connectivity index is 1.58. The Morgan fingerprint density at radius 2 is 1.70 bits per heavy atom. The number of azide groups is 1. The lowest BCUT2D eigenvalue weighted by Crippen LogP contribution is -2.67. The second kappa shape index (κ2) is 18.3. The lowest BCUT2D eigenvalue weighted by molar-refractivity contribution is -0.157. The number of aliphatic hydroxyl groups is 1. The smallest absolute Gasteiger partial charge is 0.407 e. The predicted molar refractivity (Wildman–Crippen MR) is 202 cm³/mol. The van der Waals surface area contributed by atoms with Gasteiger partial charge in [0.1, 0.15) is 24.2 Å². The first-order valence-electron chi connectivity index (χ1n) is 17.6. The number of fused-ring (bicyclic) bond motifs is 3. The Morgan fingerprint density at radius 1 is 1.08 bits per heavy atom. The van der Waals surface area contributed by atoms with Crippen molar-refractivity contribution in [3.63, 3.8) is 0 Å². The van der Waals surface area contributed by atoms with Crippen LogP contribution in [-0.4, -0.2) is 97.1 Å². The number of thioether (sulfide) groups is 1. The summed E-state index contributed by atoms with van der Waals surface area (Å²) in [4.78, 5) is 53.3. The SMILES string of the molecule is CC(C)(C)[Si](C)(C)O[C@H]1[C@@H](O)[C@@H](CN=[N+]=[N-])O[C@H](SCCCC(N)=O)[C@@H]1NC(=O)[C@H](CCC(=O)O)NC(=O)OCC1c2ccccc2-c2ccccc21. The number of nitrogens with zero attached hydrogens (tertiary/aromatic N) is 3. The van der Waals surface area contributed by atoms with Crippen LogP contribution in [0.15, 0.2) is 53.6 Å². The number of nitrogens with one attached hydrogen (secondary N) is 2. The molecular formula is C36H50N6O9SSi. The van der Waals surface area contributed by atoms with Crippen molar-refractivity contribution in [3.8, 4) is 11.1 Å². The molecule has 53 heavy (non-hydrogen) atoms. The maximum Gasteiger partial charge on any atom is 0.407 e. The van der Waals surface area contributed by atoms with Crippen LogP contribution in [0.5, 0.6) is 0 Å². The summed E-state index contributed by atoms with van der Waals surface area (Å²) in [6, 6.07) is 13.4. The van der Waals surface area contributed by atoms with E-state index >= 15 is 0 Å². The van der Waals surface area contributed by atoms with Gasteiger partial charge < -0.3 is 40.5 Å². The minimum Gasteiger partial charge on any atom is -0.481 e. The molecule has 1 aliphatic carbocycles. The molecule has 17 heteroatoms. The third kappa shape index (κ3) is 10.7. The highest BCUT2D eigenvalue weighted by atomic mass is 32.2. The van der Waals surface area contributed by atoms with Crippen LogP contribution in [0.3, 0.4) is 0 Å². The van der Waals surface area contributed by atoms with Crippen LogP contribution in [0.2, 0.25) is 18.1 Å². The van der Waals surface area contributed by atoms with Crippen molar-refractivity contribution in [1.29, 1.82) is 0 Å². The molecule has 6 atom stereocenters. The molecule has 15 nitrogen and oxygen atoms in total. The van der Waals surface area contributed by atoms with Crippen LogP contribution in [0.1, 0.15) is 63.5 Å². The molecule has 0 unspecified atom stereocenters. The van der Waals surface area contributed by atoms with Crippen LogP contribution in [-0.2, 0) is 28.3 Å². The molecule has 288 valence electrons. The van der Waals surface area contributed by atoms with Gasteiger partial charge in [0.25, 0.3) is 0 Å². The van der Waals surface area contributed by atoms with Crippen molar-refractivity contribution < 1.29 is 43.3 Å². The van der Waals surface area contributed by atoms with Gasteiger partial charge in [0.2, 0.25) is 11.8 Å². The van der Waals surface area contributed by atoms with Crippen molar-refractivity contribution in [1.82, 2.24) is 10.6 Å². The molecule has 4 rings (SSSR count). The van der Waals surface area contributed by atoms with Gasteiger partial charge in [-0.1, -0.05) is 74.4 Å². The van der Waals surface area contributed by atoms with Gasteiger partial charge in [0.15, 0.2) is 8.32 Å². The number of alkyl carbamates (subject to hydrolysis) is 1. The zero-order valence-electron chi connectivity index (χ0n) is 30.7. The highest BCUT2D eigenvalue weighted by molar-refractivity contribution is 7.99. The number of nitrogens with two attached hydrogens (primary N) is 1. The maximum absolute atomic E-state index is 14.1. The molecule has 1 aliphatic heterocycles. The van der Waals surface area contributed by atoms with E-state index in [9.17, 15) is 29.4 Å². The fraction of sp³-hybridized carbons (Fsp3) is 0.556. The average Bonchev–Trinajstić information content (AvgIpc) is 3.42. The van der Waals surface area contributed by atoms with Gasteiger partial charge in [-0.25, -0.2) is 4.79 Å². The molecule has 1 saturated heterocycles. The van der Waals surface area contributed by atoms with E-state index in [1.807, 2.05) is 82.4 Å². The molecule has 1 heterocycles. The predicted octanol–water partition coefficient (Wildman–Crippen LogP) is 5.03. The van der Waals surface area contributed by atoms with Crippen LogP contribution < -0.4 is 16.4 Å². The third-order valence-corrected chi connectivity index (χ3v) is 15.7. The number of carboxylic acids is 1. The van der Waals surface area contributed by atoms with Crippen LogP contribution in [0, 0.1) is 0 Å². The summed E-state index contributed by atoms with van der Waals surface area (Å²) in [7, 11) is -2.64. The third-order valence-electron chi connectivity index (χ3n) is 9.99. The minimum absolute atomic E-state index is 0.0190. The van der Waals surface area contributed by atoms with E-state index in [4.69, 9.17) is 25.2 Å². The van der Waals surface area contributed by atoms with E-state index in [1.165, 1.54) is 11.8 Å². The molecule has 6 N–H and O–H groups in total. The first-order valence-corrected chi connectivity index (χ1v) is 21.6. The summed E-state index contributed by atoms with van der Waals surface area (Å²) in [5.41, 5.74) is 17.6. The largest absolute Gasteiger partial charge is 0.481 e. The molecular weight excluding hydrogens is 721 g/mol. The Hall–Kier alpha value is -4.12. The Labute approximate surface area is 314 Å². The number of ether oxygens (including phenoxy) is 2. The quantitative estimate of drug-likeness (QED) is 0.0473. The first-order chi connectivity index (χ1) is 25.0. The fourth-order valence-electron chi connectivity index (χ4n) is 6.17. The van der Waals surface area contributed by atoms with E-state index in [-0.39, 0.29) is 36.9 Å². The number of benzene rings is 2. The number of primary amides is 1. The van der Waals surface area contributed by atoms with Gasteiger partial charge in [-0.2, -0.15) is 0 Å². The molecule has 0 aromatic heterocycles. The molecule has 3 amide bonds. The normalized spacial score (nSPS) is 21.7. The first kappa shape index (κ1) is 41.6. The van der Waals surface area contributed by atoms with Gasteiger partial charge in [0, 0.05) is 23.7 Å². The number of hydrogen-bond acceptors (Lipinski definition) is 10. The molecule has 0 bridgehead atoms. The summed E-state index contributed by atoms with van der Waals surface area (Å²) < 4.78 is 18.6. The van der Waals surface area contributed by atoms with Crippen molar-refractivity contribution in [3.05, 3.63) is 70.1 Å². The highest BCUT2D eigenvalue weighted by Gasteiger charge is 2.51. The number of amides is 3. The van der Waals surface area contributed by atoms with Gasteiger partial charge in [-0.15, -0.1) is 11.8 Å². The van der Waals surface area contributed by atoms with Gasteiger partial charge in [0.05, 0.1) is 24.8 Å². The summed E-state index contributed by atoms with van der Waals surface area (Å²) in [5, 5.41) is 29.9. The Morgan fingerprint density at radius 3 is 2.26 bits per heavy atom. The van der Waals surface area contributed by atoms with Crippen molar-refractivity contribution in [2.75, 3.05) is 18.9 Å². The standard InChI is InChI=1S/C36H50N6O9SSi/c1-36(2,3)53(4,5)51-32-30(34(52-18-10-15-28(37)43)50-27(31(32)46)19-39-42-38)41-33(47)26(16-17-29(44)45)40-35(48)49-20-25-23-13-8-6-11-21(23)22-12-7-9-14-24(22)25/h6-9,11-14,25-27,30-32,34,46H,10,15-20H2,1-5H3,(H2,37,43)(H,40,48)(H,41,47)(H,44,45)/t26-,27+,30+,31-,32+,34+/m0/s1. The van der Waals surface area contributed by atoms with E-state index in [2.05, 4.69) is 20.7 Å². The lowest BCUT2D eigenvalue weighted by Gasteiger charge is -2.49. The number of carbonyl (C=O) groups is 4. The molecule has 0 spiro atoms. The van der Waals surface area contributed by atoms with E-state index in [1.54, 1.807) is 0 Å². The molecule has 0 radical (unpaired) electrons. The van der Waals surface area contributed by atoms with Crippen LogP contribution in [0.4, 0.5) is 4.79 Å². The zero-order chi connectivity index (χ0) is 38.9. The zero-order valence-corrected chi connectivity index (χ0v) is 32.5. The van der Waals surface area contributed by atoms with E-state index < -0.39 is 74.4 Å². The van der Waals surface area contributed by atoms with Crippen molar-refractivity contribution >= 4 is 44.0 Å². The number of carbonyl (C=O) groups excluding carboxylic acids is 3. The number of hydrogen-bond donors (Lipinski definition) is 5. The van der Waals surface area contributed by atoms with Crippen molar-refractivity contribution in [2.45, 2.75) is 106 Å². The van der Waals surface area contributed by atoms with Crippen molar-refractivity contribution in [2.24, 2.45) is 10.8 Å². The van der Waals surface area contributed by atoms with E-state index in [0.29, 0.717) is 12.2 Å². The van der Waals surface area contributed by atoms with Gasteiger partial charge in [-0.3, -0.25) is 14.4 Å². The maximum atomic E-state index is 14.1. The lowest BCUT2D eigenvalue weighted by atomic mass is 9.97. The molecule has 2 aliphatic rings. The highest BCUT2D eigenvalue weighted by Crippen LogP contribution is 2.45. The second-order valence-electron chi connectivity index (χ2n) is 14.7. The summed E-state index contributed by atoms with van der Waals surface area (Å²) >= 11 is 1.26. The monoisotopic (exact) mass is 770 g/mol. The second-order valence-corrected chi connectivity index (χ2v) is 20.7. The van der Waals surface area contributed by atoms with E-state index in [0.717, 1.165) is 22.3 Å². The minimum atomic E-state index is -2.64. The van der Waals surface area contributed by atoms with Gasteiger partial charge >= 0.3 is 12.1 Å². The summed E-state index contributed by atoms with van der Waals surface area (Å²) in [6.45, 7) is 9.80. The van der Waals surface area contributed by atoms with Gasteiger partial charge in [-0.05, 0) is 64.5 Å².